The Kier molecular flexibility index (Phi) is 8.04. The Balaban J connectivity index is 0.00000208. The first kappa shape index (κ1) is 19.2. The summed E-state index contributed by atoms with van der Waals surface area (Å²) < 4.78 is 11.3. The smallest absolute Gasteiger partial charge is 0.213 e. The van der Waals surface area contributed by atoms with Gasteiger partial charge in [0.05, 0.1) is 19.8 Å². The number of ether oxygens (including phenoxy) is 2. The second kappa shape index (κ2) is 10.0. The molecule has 1 saturated carbocycles. The highest BCUT2D eigenvalue weighted by atomic mass is 127. The third-order valence-electron chi connectivity index (χ3n) is 4.40. The molecule has 24 heavy (non-hydrogen) atoms. The first-order valence-electron chi connectivity index (χ1n) is 8.55. The molecular weight excluding hydrogens is 419 g/mol. The Morgan fingerprint density at radius 3 is 2.79 bits per heavy atom. The highest BCUT2D eigenvalue weighted by Crippen LogP contribution is 2.22. The van der Waals surface area contributed by atoms with Gasteiger partial charge in [0.25, 0.3) is 0 Å². The molecule has 2 aliphatic rings. The van der Waals surface area contributed by atoms with E-state index in [9.17, 15) is 0 Å². The van der Waals surface area contributed by atoms with Crippen molar-refractivity contribution in [3.63, 3.8) is 0 Å². The maximum Gasteiger partial charge on any atom is 0.213 e. The standard InChI is InChI=1S/C17H26N4O2.HI/c18-17(21-8-10-22-11-9-21)20-13-14-6-7-19-16(12-14)23-15-4-2-1-3-5-15;/h6-7,12,15H,1-5,8-11,13H2,(H2,18,20);1H. The molecule has 134 valence electrons. The van der Waals surface area contributed by atoms with Gasteiger partial charge in [0.1, 0.15) is 6.10 Å². The van der Waals surface area contributed by atoms with Crippen LogP contribution in [0.2, 0.25) is 0 Å². The van der Waals surface area contributed by atoms with E-state index in [0.717, 1.165) is 31.5 Å². The molecule has 3 rings (SSSR count). The van der Waals surface area contributed by atoms with Crippen molar-refractivity contribution in [2.24, 2.45) is 10.7 Å². The Morgan fingerprint density at radius 2 is 2.04 bits per heavy atom. The lowest BCUT2D eigenvalue weighted by Crippen LogP contribution is -2.44. The third kappa shape index (κ3) is 5.77. The van der Waals surface area contributed by atoms with Gasteiger partial charge in [-0.25, -0.2) is 9.98 Å². The van der Waals surface area contributed by atoms with E-state index in [0.29, 0.717) is 37.7 Å². The summed E-state index contributed by atoms with van der Waals surface area (Å²) in [6, 6.07) is 3.94. The zero-order valence-corrected chi connectivity index (χ0v) is 16.4. The van der Waals surface area contributed by atoms with Gasteiger partial charge in [0.15, 0.2) is 5.96 Å². The molecule has 1 aliphatic heterocycles. The van der Waals surface area contributed by atoms with Crippen LogP contribution in [0.5, 0.6) is 5.88 Å². The van der Waals surface area contributed by atoms with Gasteiger partial charge in [-0.15, -0.1) is 24.0 Å². The van der Waals surface area contributed by atoms with Crippen molar-refractivity contribution >= 4 is 29.9 Å². The van der Waals surface area contributed by atoms with Gasteiger partial charge in [0.2, 0.25) is 5.88 Å². The number of morpholine rings is 1. The molecule has 7 heteroatoms. The number of aliphatic imine (C=N–C) groups is 1. The molecule has 2 heterocycles. The number of halogens is 1. The molecule has 0 radical (unpaired) electrons. The second-order valence-corrected chi connectivity index (χ2v) is 6.15. The van der Waals surface area contributed by atoms with Crippen LogP contribution in [0, 0.1) is 0 Å². The van der Waals surface area contributed by atoms with Crippen molar-refractivity contribution in [3.8, 4) is 5.88 Å². The van der Waals surface area contributed by atoms with E-state index in [4.69, 9.17) is 15.2 Å². The summed E-state index contributed by atoms with van der Waals surface area (Å²) in [7, 11) is 0. The molecule has 1 aromatic heterocycles. The maximum absolute atomic E-state index is 6.06. The van der Waals surface area contributed by atoms with Crippen molar-refractivity contribution < 1.29 is 9.47 Å². The monoisotopic (exact) mass is 446 g/mol. The maximum atomic E-state index is 6.06. The zero-order valence-electron chi connectivity index (χ0n) is 14.0. The SMILES string of the molecule is I.NC(=NCc1ccnc(OC2CCCCC2)c1)N1CCOCC1. The van der Waals surface area contributed by atoms with Crippen LogP contribution in [0.4, 0.5) is 0 Å². The molecule has 1 saturated heterocycles. The van der Waals surface area contributed by atoms with Crippen molar-refractivity contribution in [1.82, 2.24) is 9.88 Å². The van der Waals surface area contributed by atoms with Gasteiger partial charge in [-0.2, -0.15) is 0 Å². The highest BCUT2D eigenvalue weighted by molar-refractivity contribution is 14.0. The highest BCUT2D eigenvalue weighted by Gasteiger charge is 2.15. The number of aromatic nitrogens is 1. The van der Waals surface area contributed by atoms with E-state index >= 15 is 0 Å². The molecule has 6 nitrogen and oxygen atoms in total. The fraction of sp³-hybridized carbons (Fsp3) is 0.647. The number of nitrogens with two attached hydrogens (primary N) is 1. The number of nitrogens with zero attached hydrogens (tertiary/aromatic N) is 3. The van der Waals surface area contributed by atoms with Gasteiger partial charge >= 0.3 is 0 Å². The molecule has 0 unspecified atom stereocenters. The molecular formula is C17H27IN4O2. The van der Waals surface area contributed by atoms with E-state index in [2.05, 4.69) is 14.9 Å². The summed E-state index contributed by atoms with van der Waals surface area (Å²) in [5.74, 6) is 1.29. The van der Waals surface area contributed by atoms with E-state index in [1.165, 1.54) is 19.3 Å². The average Bonchev–Trinajstić information content (AvgIpc) is 2.62. The molecule has 0 spiro atoms. The summed E-state index contributed by atoms with van der Waals surface area (Å²) in [4.78, 5) is 10.9. The second-order valence-electron chi connectivity index (χ2n) is 6.15. The lowest BCUT2D eigenvalue weighted by atomic mass is 9.98. The molecule has 2 fully saturated rings. The third-order valence-corrected chi connectivity index (χ3v) is 4.40. The zero-order chi connectivity index (χ0) is 15.9. The minimum Gasteiger partial charge on any atom is -0.474 e. The van der Waals surface area contributed by atoms with Crippen LogP contribution in [0.3, 0.4) is 0 Å². The predicted molar refractivity (Wildman–Crippen MR) is 105 cm³/mol. The van der Waals surface area contributed by atoms with Gasteiger partial charge in [0, 0.05) is 25.4 Å². The van der Waals surface area contributed by atoms with Crippen molar-refractivity contribution in [3.05, 3.63) is 23.9 Å². The molecule has 1 aromatic rings. The average molecular weight is 446 g/mol. The van der Waals surface area contributed by atoms with Gasteiger partial charge in [-0.05, 0) is 37.3 Å². The summed E-state index contributed by atoms with van der Waals surface area (Å²) in [6.45, 7) is 3.59. The summed E-state index contributed by atoms with van der Waals surface area (Å²) >= 11 is 0. The number of pyridine rings is 1. The van der Waals surface area contributed by atoms with E-state index in [1.54, 1.807) is 6.20 Å². The first-order valence-corrected chi connectivity index (χ1v) is 8.55. The molecule has 0 bridgehead atoms. The minimum absolute atomic E-state index is 0. The summed E-state index contributed by atoms with van der Waals surface area (Å²) in [6.07, 6.45) is 8.20. The molecule has 0 atom stereocenters. The lowest BCUT2D eigenvalue weighted by molar-refractivity contribution is 0.0674. The molecule has 1 aliphatic carbocycles. The largest absolute Gasteiger partial charge is 0.474 e. The number of hydrogen-bond acceptors (Lipinski definition) is 4. The van der Waals surface area contributed by atoms with Crippen molar-refractivity contribution in [2.45, 2.75) is 44.8 Å². The molecule has 0 aromatic carbocycles. The quantitative estimate of drug-likeness (QED) is 0.437. The van der Waals surface area contributed by atoms with Crippen LogP contribution in [0.1, 0.15) is 37.7 Å². The van der Waals surface area contributed by atoms with E-state index in [1.807, 2.05) is 12.1 Å². The lowest BCUT2D eigenvalue weighted by Gasteiger charge is -2.27. The Morgan fingerprint density at radius 1 is 1.29 bits per heavy atom. The van der Waals surface area contributed by atoms with Crippen molar-refractivity contribution in [2.75, 3.05) is 26.3 Å². The predicted octanol–water partition coefficient (Wildman–Crippen LogP) is 2.56. The number of hydrogen-bond donors (Lipinski definition) is 1. The van der Waals surface area contributed by atoms with Crippen LogP contribution in [0.15, 0.2) is 23.3 Å². The Bertz CT molecular complexity index is 529. The molecule has 0 amide bonds. The van der Waals surface area contributed by atoms with Crippen LogP contribution >= 0.6 is 24.0 Å². The summed E-state index contributed by atoms with van der Waals surface area (Å²) in [5, 5.41) is 0. The topological polar surface area (TPSA) is 73.0 Å². The minimum atomic E-state index is 0. The fourth-order valence-electron chi connectivity index (χ4n) is 3.03. The summed E-state index contributed by atoms with van der Waals surface area (Å²) in [5.41, 5.74) is 7.13. The van der Waals surface area contributed by atoms with Gasteiger partial charge in [-0.1, -0.05) is 6.42 Å². The molecule has 2 N–H and O–H groups in total. The fourth-order valence-corrected chi connectivity index (χ4v) is 3.03. The van der Waals surface area contributed by atoms with Crippen LogP contribution in [-0.2, 0) is 11.3 Å². The van der Waals surface area contributed by atoms with Crippen LogP contribution in [0.25, 0.3) is 0 Å². The Hall–Kier alpha value is -1.09. The van der Waals surface area contributed by atoms with E-state index in [-0.39, 0.29) is 24.0 Å². The Labute approximate surface area is 160 Å². The van der Waals surface area contributed by atoms with E-state index < -0.39 is 0 Å². The normalized spacial score (nSPS) is 19.7. The van der Waals surface area contributed by atoms with Crippen LogP contribution < -0.4 is 10.5 Å². The van der Waals surface area contributed by atoms with Crippen LogP contribution in [-0.4, -0.2) is 48.3 Å². The first-order chi connectivity index (χ1) is 11.3. The van der Waals surface area contributed by atoms with Crippen molar-refractivity contribution in [1.29, 1.82) is 0 Å². The number of guanidine groups is 1. The number of rotatable bonds is 4. The van der Waals surface area contributed by atoms with Gasteiger partial charge in [-0.3, -0.25) is 0 Å². The van der Waals surface area contributed by atoms with Gasteiger partial charge < -0.3 is 20.1 Å².